The Balaban J connectivity index is 0.726. The lowest BCUT2D eigenvalue weighted by atomic mass is 9.86. The Morgan fingerprint density at radius 2 is 1.59 bits per heavy atom. The number of carbonyl (C=O) groups is 2. The number of carbonyl (C=O) groups excluding carboxylic acids is 2. The minimum absolute atomic E-state index is 0.228. The molecule has 3 saturated heterocycles. The van der Waals surface area contributed by atoms with Gasteiger partial charge in [-0.25, -0.2) is 14.8 Å². The molecule has 9 rings (SSSR count). The third kappa shape index (κ3) is 7.13. The normalized spacial score (nSPS) is 22.9. The first-order chi connectivity index (χ1) is 27.3. The first-order valence-electron chi connectivity index (χ1n) is 20.1. The van der Waals surface area contributed by atoms with E-state index in [2.05, 4.69) is 46.2 Å². The van der Waals surface area contributed by atoms with Crippen LogP contribution in [0.4, 0.5) is 11.5 Å². The maximum atomic E-state index is 13.2. The Kier molecular flexibility index (Phi) is 9.96. The van der Waals surface area contributed by atoms with Crippen molar-refractivity contribution in [3.8, 4) is 17.1 Å². The lowest BCUT2D eigenvalue weighted by Gasteiger charge is -2.39. The number of hydrogen-bond acceptors (Lipinski definition) is 11. The highest BCUT2D eigenvalue weighted by Gasteiger charge is 2.32. The number of aromatic amines is 1. The summed E-state index contributed by atoms with van der Waals surface area (Å²) in [5.74, 6) is 1.72. The molecule has 56 heavy (non-hydrogen) atoms. The highest BCUT2D eigenvalue weighted by atomic mass is 16.5. The van der Waals surface area contributed by atoms with E-state index < -0.39 is 11.9 Å². The molecule has 4 aliphatic rings. The molecule has 3 aromatic heterocycles. The Labute approximate surface area is 325 Å². The van der Waals surface area contributed by atoms with E-state index in [0.717, 1.165) is 117 Å². The number of amides is 2. The monoisotopic (exact) mass is 762 g/mol. The van der Waals surface area contributed by atoms with Crippen molar-refractivity contribution in [2.24, 2.45) is 13.0 Å². The molecule has 0 bridgehead atoms. The van der Waals surface area contributed by atoms with Crippen molar-refractivity contribution in [3.05, 3.63) is 59.3 Å². The maximum absolute atomic E-state index is 13.2. The van der Waals surface area contributed by atoms with Crippen LogP contribution < -0.4 is 25.5 Å². The summed E-state index contributed by atoms with van der Waals surface area (Å²) in [6.45, 7) is 6.84. The summed E-state index contributed by atoms with van der Waals surface area (Å²) in [6, 6.07) is 13.3. The topological polar surface area (TPSA) is 156 Å². The van der Waals surface area contributed by atoms with E-state index in [-0.39, 0.29) is 24.1 Å². The predicted octanol–water partition coefficient (Wildman–Crippen LogP) is 4.03. The van der Waals surface area contributed by atoms with Gasteiger partial charge in [-0.15, -0.1) is 0 Å². The van der Waals surface area contributed by atoms with Crippen molar-refractivity contribution in [3.63, 3.8) is 0 Å². The van der Waals surface area contributed by atoms with Gasteiger partial charge in [-0.3, -0.25) is 34.0 Å². The lowest BCUT2D eigenvalue weighted by Crippen LogP contribution is -2.48. The van der Waals surface area contributed by atoms with Gasteiger partial charge in [0.1, 0.15) is 29.6 Å². The summed E-state index contributed by atoms with van der Waals surface area (Å²) in [7, 11) is 3.41. The molecule has 5 aromatic rings. The second-order valence-electron chi connectivity index (χ2n) is 15.8. The molecular weight excluding hydrogens is 713 g/mol. The van der Waals surface area contributed by atoms with Gasteiger partial charge in [0.2, 0.25) is 11.8 Å². The van der Waals surface area contributed by atoms with Gasteiger partial charge in [-0.2, -0.15) is 5.10 Å². The molecule has 15 heteroatoms. The van der Waals surface area contributed by atoms with Gasteiger partial charge >= 0.3 is 5.69 Å². The summed E-state index contributed by atoms with van der Waals surface area (Å²) >= 11 is 0. The fourth-order valence-corrected chi connectivity index (χ4v) is 9.24. The van der Waals surface area contributed by atoms with Crippen molar-refractivity contribution in [1.82, 2.24) is 39.5 Å². The van der Waals surface area contributed by atoms with Crippen molar-refractivity contribution in [2.75, 3.05) is 62.7 Å². The first-order valence-corrected chi connectivity index (χ1v) is 20.1. The van der Waals surface area contributed by atoms with Crippen molar-refractivity contribution < 1.29 is 19.1 Å². The largest absolute Gasteiger partial charge is 0.497 e. The summed E-state index contributed by atoms with van der Waals surface area (Å²) in [6.07, 6.45) is 9.39. The van der Waals surface area contributed by atoms with E-state index in [9.17, 15) is 14.4 Å². The zero-order chi connectivity index (χ0) is 38.3. The van der Waals surface area contributed by atoms with Crippen LogP contribution >= 0.6 is 0 Å². The fraction of sp³-hybridized carbons (Fsp3) is 0.512. The predicted molar refractivity (Wildman–Crippen MR) is 213 cm³/mol. The Hall–Kier alpha value is -5.28. The molecule has 3 aliphatic heterocycles. The van der Waals surface area contributed by atoms with Gasteiger partial charge in [0.15, 0.2) is 0 Å². The molecule has 1 aliphatic carbocycles. The third-order valence-corrected chi connectivity index (χ3v) is 12.5. The standard InChI is InChI=1S/C41H50N10O5/c1-47-36-21-27(5-10-34(36)51(41(47)54)35-11-12-38(52)44-40(35)53)49-15-13-29(14-16-49)56-28-6-3-26(4-7-28)24-48-17-19-50(20-18-48)37-23-33(42-25-43-37)39-31-22-30(55-2)8-9-32(31)45-46-39/h5,8-10,21-23,25-26,28-29,35H,3-4,6-7,11-20,24H2,1-2H3,(H,45,46)(H,44,52,53). The Bertz CT molecular complexity index is 2290. The number of methoxy groups -OCH3 is 1. The van der Waals surface area contributed by atoms with Crippen LogP contribution in [-0.2, 0) is 21.4 Å². The van der Waals surface area contributed by atoms with E-state index in [4.69, 9.17) is 9.47 Å². The summed E-state index contributed by atoms with van der Waals surface area (Å²) in [5, 5.41) is 11.0. The van der Waals surface area contributed by atoms with Crippen LogP contribution in [-0.4, -0.2) is 111 Å². The number of rotatable bonds is 9. The molecule has 2 amide bonds. The number of nitrogens with one attached hydrogen (secondary N) is 2. The van der Waals surface area contributed by atoms with Crippen LogP contribution in [0, 0.1) is 5.92 Å². The summed E-state index contributed by atoms with van der Waals surface area (Å²) in [5.41, 5.74) is 4.87. The van der Waals surface area contributed by atoms with Gasteiger partial charge in [-0.05, 0) is 87.3 Å². The lowest BCUT2D eigenvalue weighted by molar-refractivity contribution is -0.135. The van der Waals surface area contributed by atoms with Crippen molar-refractivity contribution >= 4 is 45.3 Å². The number of anilines is 2. The molecule has 4 fully saturated rings. The molecule has 2 aromatic carbocycles. The fourth-order valence-electron chi connectivity index (χ4n) is 9.24. The van der Waals surface area contributed by atoms with E-state index in [1.165, 1.54) is 17.4 Å². The molecule has 6 heterocycles. The van der Waals surface area contributed by atoms with Gasteiger partial charge in [0, 0.05) is 76.4 Å². The van der Waals surface area contributed by atoms with Gasteiger partial charge in [0.05, 0.1) is 41.6 Å². The number of ether oxygens (including phenoxy) is 2. The smallest absolute Gasteiger partial charge is 0.329 e. The van der Waals surface area contributed by atoms with Crippen molar-refractivity contribution in [2.45, 2.75) is 69.6 Å². The molecular formula is C41H50N10O5. The first kappa shape index (κ1) is 36.4. The average molecular weight is 763 g/mol. The van der Waals surface area contributed by atoms with Crippen molar-refractivity contribution in [1.29, 1.82) is 0 Å². The Morgan fingerprint density at radius 3 is 2.36 bits per heavy atom. The van der Waals surface area contributed by atoms with E-state index >= 15 is 0 Å². The van der Waals surface area contributed by atoms with Crippen LogP contribution in [0.25, 0.3) is 33.3 Å². The highest BCUT2D eigenvalue weighted by Crippen LogP contribution is 2.33. The van der Waals surface area contributed by atoms with Gasteiger partial charge in [0.25, 0.3) is 0 Å². The van der Waals surface area contributed by atoms with Crippen LogP contribution in [0.5, 0.6) is 5.75 Å². The highest BCUT2D eigenvalue weighted by molar-refractivity contribution is 6.00. The molecule has 294 valence electrons. The zero-order valence-corrected chi connectivity index (χ0v) is 32.2. The molecule has 15 nitrogen and oxygen atoms in total. The molecule has 1 unspecified atom stereocenters. The SMILES string of the molecule is COc1ccc2[nH]nc(-c3cc(N4CCN(CC5CCC(OC6CCN(c7ccc8c(c7)n(C)c(=O)n8C7CCC(=O)NC7=O)CC6)CC5)CC4)ncn3)c2c1. The quantitative estimate of drug-likeness (QED) is 0.209. The van der Waals surface area contributed by atoms with Gasteiger partial charge in [-0.1, -0.05) is 0 Å². The summed E-state index contributed by atoms with van der Waals surface area (Å²) < 4.78 is 15.3. The van der Waals surface area contributed by atoms with Crippen LogP contribution in [0.1, 0.15) is 57.4 Å². The van der Waals surface area contributed by atoms with Crippen LogP contribution in [0.3, 0.4) is 0 Å². The number of aromatic nitrogens is 6. The second-order valence-corrected chi connectivity index (χ2v) is 15.8. The summed E-state index contributed by atoms with van der Waals surface area (Å²) in [4.78, 5) is 54.0. The van der Waals surface area contributed by atoms with Crippen LogP contribution in [0.15, 0.2) is 53.6 Å². The van der Waals surface area contributed by atoms with Gasteiger partial charge < -0.3 is 19.3 Å². The zero-order valence-electron chi connectivity index (χ0n) is 32.2. The number of aryl methyl sites for hydroxylation is 1. The molecule has 0 radical (unpaired) electrons. The molecule has 2 N–H and O–H groups in total. The van der Waals surface area contributed by atoms with E-state index in [0.29, 0.717) is 24.0 Å². The van der Waals surface area contributed by atoms with Crippen LogP contribution in [0.2, 0.25) is 0 Å². The molecule has 1 saturated carbocycles. The molecule has 1 atom stereocenters. The minimum atomic E-state index is -0.679. The average Bonchev–Trinajstić information content (AvgIpc) is 3.76. The number of imide groups is 1. The number of H-pyrrole nitrogens is 1. The van der Waals surface area contributed by atoms with E-state index in [1.807, 2.05) is 36.4 Å². The minimum Gasteiger partial charge on any atom is -0.497 e. The number of imidazole rings is 1. The number of piperazine rings is 1. The maximum Gasteiger partial charge on any atom is 0.329 e. The third-order valence-electron chi connectivity index (χ3n) is 12.5. The number of hydrogen-bond donors (Lipinski definition) is 2. The molecule has 0 spiro atoms. The second kappa shape index (κ2) is 15.3. The number of benzene rings is 2. The van der Waals surface area contributed by atoms with E-state index in [1.54, 1.807) is 25.1 Å². The number of piperidine rings is 2. The number of fused-ring (bicyclic) bond motifs is 2. The Morgan fingerprint density at radius 1 is 0.804 bits per heavy atom. The number of nitrogens with zero attached hydrogens (tertiary/aromatic N) is 8.